The summed E-state index contributed by atoms with van der Waals surface area (Å²) in [5.74, 6) is -0.691. The number of halogens is 4. The number of esters is 1. The van der Waals surface area contributed by atoms with Crippen LogP contribution in [0.3, 0.4) is 0 Å². The van der Waals surface area contributed by atoms with Crippen LogP contribution in [0.4, 0.5) is 34.1 Å². The minimum Gasteiger partial charge on any atom is -0.466 e. The maximum atomic E-state index is 14.1. The number of amides is 4. The lowest BCUT2D eigenvalue weighted by Gasteiger charge is -2.43. The van der Waals surface area contributed by atoms with E-state index in [0.29, 0.717) is 71.3 Å². The van der Waals surface area contributed by atoms with Crippen molar-refractivity contribution in [3.63, 3.8) is 0 Å². The molecule has 3 N–H and O–H groups in total. The zero-order chi connectivity index (χ0) is 40.0. The van der Waals surface area contributed by atoms with E-state index >= 15 is 0 Å². The molecule has 13 nitrogen and oxygen atoms in total. The third-order valence-electron chi connectivity index (χ3n) is 11.4. The number of likely N-dealkylation sites (tertiary alicyclic amines) is 2. The van der Waals surface area contributed by atoms with Crippen molar-refractivity contribution in [3.8, 4) is 0 Å². The number of hydrogen-bond acceptors (Lipinski definition) is 9. The Balaban J connectivity index is 1.07. The van der Waals surface area contributed by atoms with E-state index in [2.05, 4.69) is 15.1 Å². The summed E-state index contributed by atoms with van der Waals surface area (Å²) in [5.41, 5.74) is 5.83. The predicted molar refractivity (Wildman–Crippen MR) is 204 cm³/mol. The first-order chi connectivity index (χ1) is 26.8. The van der Waals surface area contributed by atoms with E-state index in [4.69, 9.17) is 26.8 Å². The molecule has 6 rings (SSSR count). The molecule has 0 radical (unpaired) electrons. The summed E-state index contributed by atoms with van der Waals surface area (Å²) in [5, 5.41) is 2.68. The first-order valence-corrected chi connectivity index (χ1v) is 19.9. The standard InChI is InChI=1S/C39H51ClF3N7O6/c1-2-55-34(51)12-13-46-19-21-47(22-20-46)28-8-14-48(15-9-28)36(52)33(25-26-23-30(39(41,42)43)35(44)31(40)24-26)56-38(54)49-16-10-29(11-17-49)50-18-7-27-5-3-4-6-32(27)45-37(50)53/h3-6,23-24,28-29,33H,2,7-22,25,44H2,1H3,(H,45,53). The molecule has 2 aromatic rings. The monoisotopic (exact) mass is 805 g/mol. The highest BCUT2D eigenvalue weighted by Gasteiger charge is 2.38. The van der Waals surface area contributed by atoms with Crippen molar-refractivity contribution < 1.29 is 41.8 Å². The number of ether oxygens (including phenoxy) is 2. The molecule has 306 valence electrons. The number of fused-ring (bicyclic) bond motifs is 1. The number of para-hydroxylation sites is 1. The van der Waals surface area contributed by atoms with Crippen molar-refractivity contribution in [3.05, 3.63) is 58.1 Å². The van der Waals surface area contributed by atoms with Gasteiger partial charge in [-0.05, 0) is 68.4 Å². The molecule has 17 heteroatoms. The van der Waals surface area contributed by atoms with Gasteiger partial charge in [0, 0.05) is 89.6 Å². The van der Waals surface area contributed by atoms with Crippen molar-refractivity contribution in [1.82, 2.24) is 24.5 Å². The number of nitrogens with one attached hydrogen (secondary N) is 1. The molecule has 0 spiro atoms. The maximum Gasteiger partial charge on any atom is 0.418 e. The second kappa shape index (κ2) is 18.3. The van der Waals surface area contributed by atoms with E-state index in [1.54, 1.807) is 16.7 Å². The Labute approximate surface area is 330 Å². The minimum atomic E-state index is -4.79. The fourth-order valence-corrected chi connectivity index (χ4v) is 8.45. The van der Waals surface area contributed by atoms with Gasteiger partial charge in [0.1, 0.15) is 0 Å². The van der Waals surface area contributed by atoms with Crippen LogP contribution in [0.25, 0.3) is 0 Å². The summed E-state index contributed by atoms with van der Waals surface area (Å²) < 4.78 is 52.6. The number of piperidine rings is 2. The zero-order valence-electron chi connectivity index (χ0n) is 31.7. The highest BCUT2D eigenvalue weighted by Crippen LogP contribution is 2.38. The molecule has 2 aromatic carbocycles. The third-order valence-corrected chi connectivity index (χ3v) is 11.7. The maximum absolute atomic E-state index is 14.1. The summed E-state index contributed by atoms with van der Waals surface area (Å²) in [6.45, 7) is 7.95. The zero-order valence-corrected chi connectivity index (χ0v) is 32.5. The molecular weight excluding hydrogens is 755 g/mol. The number of piperazine rings is 1. The molecule has 4 aliphatic heterocycles. The van der Waals surface area contributed by atoms with E-state index in [-0.39, 0.29) is 54.2 Å². The Hall–Kier alpha value is -4.28. The highest BCUT2D eigenvalue weighted by molar-refractivity contribution is 6.33. The van der Waals surface area contributed by atoms with E-state index < -0.39 is 35.5 Å². The molecular formula is C39H51ClF3N7O6. The quantitative estimate of drug-likeness (QED) is 0.248. The number of carbonyl (C=O) groups excluding carboxylic acids is 4. The molecule has 0 aromatic heterocycles. The van der Waals surface area contributed by atoms with Crippen molar-refractivity contribution >= 4 is 47.0 Å². The highest BCUT2D eigenvalue weighted by atomic mass is 35.5. The predicted octanol–water partition coefficient (Wildman–Crippen LogP) is 5.11. The van der Waals surface area contributed by atoms with E-state index in [1.807, 2.05) is 24.3 Å². The van der Waals surface area contributed by atoms with Gasteiger partial charge in [0.2, 0.25) is 0 Å². The molecule has 1 unspecified atom stereocenters. The average Bonchev–Trinajstić information content (AvgIpc) is 3.35. The number of anilines is 2. The largest absolute Gasteiger partial charge is 0.466 e. The van der Waals surface area contributed by atoms with E-state index in [1.165, 1.54) is 11.0 Å². The number of hydrogen-bond donors (Lipinski definition) is 2. The van der Waals surface area contributed by atoms with Crippen LogP contribution in [0.2, 0.25) is 5.02 Å². The van der Waals surface area contributed by atoms with Gasteiger partial charge in [-0.1, -0.05) is 29.8 Å². The lowest BCUT2D eigenvalue weighted by atomic mass is 9.99. The molecule has 4 amide bonds. The van der Waals surface area contributed by atoms with Crippen molar-refractivity contribution in [2.75, 3.05) is 83.1 Å². The van der Waals surface area contributed by atoms with Gasteiger partial charge >= 0.3 is 24.3 Å². The number of nitrogens with two attached hydrogens (primary N) is 1. The SMILES string of the molecule is CCOC(=O)CCN1CCN(C2CCN(C(=O)C(Cc3cc(Cl)c(N)c(C(F)(F)F)c3)OC(=O)N3CCC(N4CCc5ccccc5NC4=O)CC3)CC2)CC1. The van der Waals surface area contributed by atoms with Crippen molar-refractivity contribution in [2.45, 2.75) is 76.2 Å². The van der Waals surface area contributed by atoms with E-state index in [0.717, 1.165) is 43.5 Å². The molecule has 0 aliphatic carbocycles. The van der Waals surface area contributed by atoms with Gasteiger partial charge < -0.3 is 40.1 Å². The number of benzene rings is 2. The summed E-state index contributed by atoms with van der Waals surface area (Å²) in [6.07, 6.45) is -3.87. The lowest BCUT2D eigenvalue weighted by molar-refractivity contribution is -0.144. The van der Waals surface area contributed by atoms with Gasteiger partial charge in [-0.15, -0.1) is 0 Å². The molecule has 56 heavy (non-hydrogen) atoms. The molecule has 4 heterocycles. The lowest BCUT2D eigenvalue weighted by Crippen LogP contribution is -2.55. The Morgan fingerprint density at radius 3 is 2.27 bits per heavy atom. The molecule has 3 fully saturated rings. The van der Waals surface area contributed by atoms with Gasteiger partial charge in [0.25, 0.3) is 5.91 Å². The van der Waals surface area contributed by atoms with Gasteiger partial charge in [-0.2, -0.15) is 13.2 Å². The van der Waals surface area contributed by atoms with Crippen molar-refractivity contribution in [1.29, 1.82) is 0 Å². The Kier molecular flexibility index (Phi) is 13.5. The number of nitrogens with zero attached hydrogens (tertiary/aromatic N) is 5. The van der Waals surface area contributed by atoms with Gasteiger partial charge in [-0.25, -0.2) is 9.59 Å². The molecule has 0 bridgehead atoms. The van der Waals surface area contributed by atoms with Crippen LogP contribution >= 0.6 is 11.6 Å². The Morgan fingerprint density at radius 2 is 1.59 bits per heavy atom. The fraction of sp³-hybridized carbons (Fsp3) is 0.590. The third kappa shape index (κ3) is 10.2. The second-order valence-corrected chi connectivity index (χ2v) is 15.3. The number of alkyl halides is 3. The Morgan fingerprint density at radius 1 is 0.929 bits per heavy atom. The molecule has 0 saturated carbocycles. The van der Waals surface area contributed by atoms with Crippen LogP contribution in [0.15, 0.2) is 36.4 Å². The van der Waals surface area contributed by atoms with Crippen molar-refractivity contribution in [2.24, 2.45) is 0 Å². The Bertz CT molecular complexity index is 1730. The fourth-order valence-electron chi connectivity index (χ4n) is 8.20. The van der Waals surface area contributed by atoms with Gasteiger partial charge in [-0.3, -0.25) is 14.5 Å². The van der Waals surface area contributed by atoms with Crippen LogP contribution in [-0.2, 0) is 38.1 Å². The normalized spacial score (nSPS) is 19.9. The number of rotatable bonds is 10. The minimum absolute atomic E-state index is 0.0604. The number of carbonyl (C=O) groups is 4. The average molecular weight is 806 g/mol. The molecule has 4 aliphatic rings. The van der Waals surface area contributed by atoms with Crippen LogP contribution in [-0.4, -0.2) is 139 Å². The topological polar surface area (TPSA) is 141 Å². The van der Waals surface area contributed by atoms with Crippen LogP contribution < -0.4 is 11.1 Å². The first-order valence-electron chi connectivity index (χ1n) is 19.5. The summed E-state index contributed by atoms with van der Waals surface area (Å²) in [4.78, 5) is 62.2. The number of nitrogen functional groups attached to an aromatic ring is 1. The van der Waals surface area contributed by atoms with Gasteiger partial charge in [0.15, 0.2) is 6.10 Å². The first kappa shape index (κ1) is 41.4. The van der Waals surface area contributed by atoms with Crippen LogP contribution in [0.5, 0.6) is 0 Å². The van der Waals surface area contributed by atoms with Crippen LogP contribution in [0.1, 0.15) is 55.7 Å². The summed E-state index contributed by atoms with van der Waals surface area (Å²) >= 11 is 6.13. The summed E-state index contributed by atoms with van der Waals surface area (Å²) in [7, 11) is 0. The summed E-state index contributed by atoms with van der Waals surface area (Å²) in [6, 6.07) is 9.72. The van der Waals surface area contributed by atoms with Gasteiger partial charge in [0.05, 0.1) is 29.3 Å². The molecule has 1 atom stereocenters. The second-order valence-electron chi connectivity index (χ2n) is 14.9. The smallest absolute Gasteiger partial charge is 0.418 e. The van der Waals surface area contributed by atoms with Crippen LogP contribution in [0, 0.1) is 0 Å². The molecule has 3 saturated heterocycles. The number of urea groups is 1. The van der Waals surface area contributed by atoms with E-state index in [9.17, 15) is 32.3 Å².